The van der Waals surface area contributed by atoms with Gasteiger partial charge in [-0.05, 0) is 40.2 Å². The molecule has 2 aromatic rings. The fourth-order valence-electron chi connectivity index (χ4n) is 1.48. The Morgan fingerprint density at radius 2 is 1.75 bits per heavy atom. The maximum absolute atomic E-state index is 14.0. The molecule has 20 heavy (non-hydrogen) atoms. The van der Waals surface area contributed by atoms with Gasteiger partial charge < -0.3 is 10.5 Å². The summed E-state index contributed by atoms with van der Waals surface area (Å²) in [7, 11) is 0. The van der Waals surface area contributed by atoms with E-state index in [1.165, 1.54) is 12.1 Å². The average molecular weight is 362 g/mol. The topological polar surface area (TPSA) is 35.2 Å². The van der Waals surface area contributed by atoms with E-state index >= 15 is 0 Å². The number of rotatable bonds is 3. The minimum atomic E-state index is -0.932. The van der Waals surface area contributed by atoms with Gasteiger partial charge in [-0.15, -0.1) is 0 Å². The van der Waals surface area contributed by atoms with E-state index in [0.717, 1.165) is 12.1 Å². The molecule has 0 aromatic heterocycles. The molecule has 104 valence electrons. The number of nitrogens with two attached hydrogens (primary N) is 1. The quantitative estimate of drug-likeness (QED) is 0.828. The first kappa shape index (κ1) is 14.8. The molecule has 0 heterocycles. The van der Waals surface area contributed by atoms with Gasteiger partial charge in [0.15, 0.2) is 23.1 Å². The fourth-order valence-corrected chi connectivity index (χ4v) is 2.32. The summed E-state index contributed by atoms with van der Waals surface area (Å²) in [5.41, 5.74) is 5.71. The zero-order valence-electron chi connectivity index (χ0n) is 9.79. The van der Waals surface area contributed by atoms with Crippen molar-refractivity contribution in [3.05, 3.63) is 57.8 Å². The van der Waals surface area contributed by atoms with E-state index in [2.05, 4.69) is 15.9 Å². The van der Waals surface area contributed by atoms with E-state index in [4.69, 9.17) is 22.7 Å². The van der Waals surface area contributed by atoms with Crippen molar-refractivity contribution in [1.29, 1.82) is 0 Å². The van der Waals surface area contributed by atoms with Crippen molar-refractivity contribution in [1.82, 2.24) is 0 Å². The molecule has 2 nitrogen and oxygen atoms in total. The van der Waals surface area contributed by atoms with Crippen LogP contribution >= 0.6 is 28.1 Å². The minimum Gasteiger partial charge on any atom is -0.451 e. The van der Waals surface area contributed by atoms with Crippen molar-refractivity contribution >= 4 is 33.1 Å². The van der Waals surface area contributed by atoms with Crippen LogP contribution in [0.3, 0.4) is 0 Å². The van der Waals surface area contributed by atoms with Gasteiger partial charge in [-0.25, -0.2) is 13.2 Å². The van der Waals surface area contributed by atoms with Gasteiger partial charge in [0.2, 0.25) is 0 Å². The first-order valence-electron chi connectivity index (χ1n) is 5.31. The first-order chi connectivity index (χ1) is 9.40. The Labute approximate surface area is 126 Å². The van der Waals surface area contributed by atoms with Gasteiger partial charge in [0.25, 0.3) is 0 Å². The minimum absolute atomic E-state index is 0.00953. The molecule has 0 spiro atoms. The third kappa shape index (κ3) is 2.94. The van der Waals surface area contributed by atoms with E-state index in [0.29, 0.717) is 11.6 Å². The van der Waals surface area contributed by atoms with Crippen LogP contribution in [0.1, 0.15) is 5.56 Å². The highest BCUT2D eigenvalue weighted by Gasteiger charge is 2.16. The predicted octanol–water partition coefficient (Wildman–Crippen LogP) is 4.29. The van der Waals surface area contributed by atoms with Crippen LogP contribution in [0.15, 0.2) is 34.8 Å². The summed E-state index contributed by atoms with van der Waals surface area (Å²) >= 11 is 7.75. The van der Waals surface area contributed by atoms with Crippen molar-refractivity contribution in [2.75, 3.05) is 0 Å². The lowest BCUT2D eigenvalue weighted by Crippen LogP contribution is -2.11. The van der Waals surface area contributed by atoms with Gasteiger partial charge in [-0.3, -0.25) is 0 Å². The van der Waals surface area contributed by atoms with E-state index in [1.807, 2.05) is 0 Å². The van der Waals surface area contributed by atoms with Gasteiger partial charge in [0.1, 0.15) is 10.8 Å². The molecular weight excluding hydrogens is 355 g/mol. The number of halogens is 4. The van der Waals surface area contributed by atoms with Crippen LogP contribution in [0, 0.1) is 17.5 Å². The van der Waals surface area contributed by atoms with Gasteiger partial charge in [0, 0.05) is 11.6 Å². The highest BCUT2D eigenvalue weighted by molar-refractivity contribution is 9.10. The molecule has 0 aliphatic rings. The monoisotopic (exact) mass is 361 g/mol. The number of thiocarbonyl (C=S) groups is 1. The summed E-state index contributed by atoms with van der Waals surface area (Å²) in [5.74, 6) is -2.99. The van der Waals surface area contributed by atoms with Crippen LogP contribution in [0.4, 0.5) is 13.2 Å². The molecule has 0 bridgehead atoms. The van der Waals surface area contributed by atoms with Crippen molar-refractivity contribution in [2.45, 2.75) is 0 Å². The lowest BCUT2D eigenvalue weighted by molar-refractivity contribution is 0.410. The molecule has 2 aromatic carbocycles. The SMILES string of the molecule is NC(=S)c1ccc(Oc2ccc(F)cc2F)c(F)c1Br. The molecule has 2 rings (SSSR count). The molecule has 0 aliphatic heterocycles. The lowest BCUT2D eigenvalue weighted by Gasteiger charge is -2.10. The Morgan fingerprint density at radius 3 is 2.35 bits per heavy atom. The molecule has 2 N–H and O–H groups in total. The standard InChI is InChI=1S/C13H7BrF3NOS/c14-11-7(13(18)20)2-4-10(12(11)17)19-9-3-1-6(15)5-8(9)16/h1-5H,(H2,18,20). The smallest absolute Gasteiger partial charge is 0.180 e. The highest BCUT2D eigenvalue weighted by Crippen LogP contribution is 2.32. The molecule has 0 aliphatic carbocycles. The molecular formula is C13H7BrF3NOS. The molecule has 0 atom stereocenters. The largest absolute Gasteiger partial charge is 0.451 e. The average Bonchev–Trinajstić information content (AvgIpc) is 2.37. The Bertz CT molecular complexity index is 694. The van der Waals surface area contributed by atoms with Crippen molar-refractivity contribution in [3.63, 3.8) is 0 Å². The van der Waals surface area contributed by atoms with Crippen LogP contribution in [-0.2, 0) is 0 Å². The Kier molecular flexibility index (Phi) is 4.29. The Balaban J connectivity index is 2.39. The summed E-state index contributed by atoms with van der Waals surface area (Å²) in [6, 6.07) is 5.42. The van der Waals surface area contributed by atoms with Crippen LogP contribution in [0.2, 0.25) is 0 Å². The van der Waals surface area contributed by atoms with Crippen LogP contribution < -0.4 is 10.5 Å². The third-order valence-electron chi connectivity index (χ3n) is 2.43. The fraction of sp³-hybridized carbons (Fsp3) is 0. The molecule has 0 amide bonds. The molecule has 0 unspecified atom stereocenters. The van der Waals surface area contributed by atoms with Gasteiger partial charge in [-0.1, -0.05) is 12.2 Å². The lowest BCUT2D eigenvalue weighted by atomic mass is 10.2. The van der Waals surface area contributed by atoms with Crippen molar-refractivity contribution in [2.24, 2.45) is 5.73 Å². The van der Waals surface area contributed by atoms with Crippen LogP contribution in [0.25, 0.3) is 0 Å². The summed E-state index contributed by atoms with van der Waals surface area (Å²) in [6.45, 7) is 0. The zero-order valence-corrected chi connectivity index (χ0v) is 12.2. The van der Waals surface area contributed by atoms with Crippen LogP contribution in [-0.4, -0.2) is 4.99 Å². The number of ether oxygens (including phenoxy) is 1. The van der Waals surface area contributed by atoms with Gasteiger partial charge in [-0.2, -0.15) is 0 Å². The second kappa shape index (κ2) is 5.80. The summed E-state index contributed by atoms with van der Waals surface area (Å²) in [4.78, 5) is 0.00953. The summed E-state index contributed by atoms with van der Waals surface area (Å²) in [6.07, 6.45) is 0. The third-order valence-corrected chi connectivity index (χ3v) is 3.42. The molecule has 0 saturated carbocycles. The molecule has 0 saturated heterocycles. The van der Waals surface area contributed by atoms with E-state index in [1.54, 1.807) is 0 Å². The number of benzene rings is 2. The molecule has 0 radical (unpaired) electrons. The number of hydrogen-bond acceptors (Lipinski definition) is 2. The summed E-state index contributed by atoms with van der Waals surface area (Å²) in [5, 5.41) is 0. The van der Waals surface area contributed by atoms with E-state index < -0.39 is 17.5 Å². The zero-order chi connectivity index (χ0) is 14.9. The van der Waals surface area contributed by atoms with Gasteiger partial charge in [0.05, 0.1) is 4.47 Å². The first-order valence-corrected chi connectivity index (χ1v) is 6.51. The van der Waals surface area contributed by atoms with Crippen LogP contribution in [0.5, 0.6) is 11.5 Å². The number of hydrogen-bond donors (Lipinski definition) is 1. The molecule has 7 heteroatoms. The second-order valence-electron chi connectivity index (χ2n) is 3.78. The van der Waals surface area contributed by atoms with Crippen molar-refractivity contribution < 1.29 is 17.9 Å². The maximum Gasteiger partial charge on any atom is 0.180 e. The molecule has 0 fully saturated rings. The predicted molar refractivity (Wildman–Crippen MR) is 76.4 cm³/mol. The summed E-state index contributed by atoms with van der Waals surface area (Å²) < 4.78 is 45.3. The van der Waals surface area contributed by atoms with E-state index in [-0.39, 0.29) is 21.0 Å². The highest BCUT2D eigenvalue weighted by atomic mass is 79.9. The second-order valence-corrected chi connectivity index (χ2v) is 5.01. The van der Waals surface area contributed by atoms with Gasteiger partial charge >= 0.3 is 0 Å². The maximum atomic E-state index is 14.0. The Hall–Kier alpha value is -1.60. The Morgan fingerprint density at radius 1 is 1.10 bits per heavy atom. The van der Waals surface area contributed by atoms with Crippen molar-refractivity contribution in [3.8, 4) is 11.5 Å². The normalized spacial score (nSPS) is 10.4. The van der Waals surface area contributed by atoms with E-state index in [9.17, 15) is 13.2 Å².